The topological polar surface area (TPSA) is 34.0 Å². The molecule has 17 heavy (non-hydrogen) atoms. The molecule has 5 heteroatoms. The van der Waals surface area contributed by atoms with Crippen molar-refractivity contribution < 1.29 is 4.39 Å². The van der Waals surface area contributed by atoms with Crippen LogP contribution >= 0.6 is 0 Å². The molecule has 0 unspecified atom stereocenters. The summed E-state index contributed by atoms with van der Waals surface area (Å²) in [7, 11) is 3.78. The van der Waals surface area contributed by atoms with Gasteiger partial charge < -0.3 is 0 Å². The first-order valence-electron chi connectivity index (χ1n) is 5.41. The standard InChI is InChI=1S/C12H15FN4/c1-16(8-12-14-9-15-17(12)2)7-10-5-3-4-6-11(10)13/h3-6,9H,7-8H2,1-2H3. The molecule has 0 aliphatic rings. The summed E-state index contributed by atoms with van der Waals surface area (Å²) < 4.78 is 15.2. The maximum absolute atomic E-state index is 13.4. The van der Waals surface area contributed by atoms with E-state index >= 15 is 0 Å². The molecule has 90 valence electrons. The van der Waals surface area contributed by atoms with E-state index in [0.717, 1.165) is 5.82 Å². The lowest BCUT2D eigenvalue weighted by molar-refractivity contribution is 0.300. The van der Waals surface area contributed by atoms with Crippen molar-refractivity contribution in [3.05, 3.63) is 47.8 Å². The molecule has 0 radical (unpaired) electrons. The Bertz CT molecular complexity index is 495. The van der Waals surface area contributed by atoms with Crippen LogP contribution in [0.3, 0.4) is 0 Å². The second kappa shape index (κ2) is 5.05. The van der Waals surface area contributed by atoms with Gasteiger partial charge in [-0.15, -0.1) is 0 Å². The molecule has 0 bridgehead atoms. The van der Waals surface area contributed by atoms with Crippen molar-refractivity contribution in [1.82, 2.24) is 19.7 Å². The Morgan fingerprint density at radius 2 is 2.06 bits per heavy atom. The van der Waals surface area contributed by atoms with Crippen LogP contribution < -0.4 is 0 Å². The molecule has 2 aromatic rings. The normalized spacial score (nSPS) is 11.1. The quantitative estimate of drug-likeness (QED) is 0.805. The summed E-state index contributed by atoms with van der Waals surface area (Å²) in [5, 5.41) is 4.00. The third-order valence-electron chi connectivity index (χ3n) is 2.61. The Labute approximate surface area is 99.7 Å². The van der Waals surface area contributed by atoms with Crippen LogP contribution in [0.5, 0.6) is 0 Å². The van der Waals surface area contributed by atoms with Gasteiger partial charge in [-0.1, -0.05) is 18.2 Å². The van der Waals surface area contributed by atoms with E-state index in [1.807, 2.05) is 25.1 Å². The molecule has 0 aliphatic heterocycles. The Kier molecular flexibility index (Phi) is 3.49. The molecule has 1 aromatic carbocycles. The van der Waals surface area contributed by atoms with Gasteiger partial charge >= 0.3 is 0 Å². The fourth-order valence-corrected chi connectivity index (χ4v) is 1.68. The van der Waals surface area contributed by atoms with Gasteiger partial charge in [0.15, 0.2) is 0 Å². The summed E-state index contributed by atoms with van der Waals surface area (Å²) in [6.07, 6.45) is 1.52. The highest BCUT2D eigenvalue weighted by Crippen LogP contribution is 2.10. The van der Waals surface area contributed by atoms with Gasteiger partial charge in [-0.2, -0.15) is 5.10 Å². The second-order valence-electron chi connectivity index (χ2n) is 4.06. The molecule has 0 spiro atoms. The highest BCUT2D eigenvalue weighted by atomic mass is 19.1. The maximum atomic E-state index is 13.4. The lowest BCUT2D eigenvalue weighted by Gasteiger charge is -2.16. The Hall–Kier alpha value is -1.75. The van der Waals surface area contributed by atoms with Crippen molar-refractivity contribution in [1.29, 1.82) is 0 Å². The van der Waals surface area contributed by atoms with E-state index in [1.54, 1.807) is 16.8 Å². The molecule has 4 nitrogen and oxygen atoms in total. The number of benzene rings is 1. The van der Waals surface area contributed by atoms with Crippen LogP contribution in [-0.2, 0) is 20.1 Å². The summed E-state index contributed by atoms with van der Waals surface area (Å²) in [4.78, 5) is 6.14. The van der Waals surface area contributed by atoms with Crippen LogP contribution in [0, 0.1) is 5.82 Å². The largest absolute Gasteiger partial charge is 0.295 e. The van der Waals surface area contributed by atoms with E-state index in [2.05, 4.69) is 10.1 Å². The van der Waals surface area contributed by atoms with E-state index in [0.29, 0.717) is 18.7 Å². The number of hydrogen-bond donors (Lipinski definition) is 0. The average Bonchev–Trinajstić information content (AvgIpc) is 2.68. The van der Waals surface area contributed by atoms with E-state index in [9.17, 15) is 4.39 Å². The van der Waals surface area contributed by atoms with Crippen LogP contribution in [0.2, 0.25) is 0 Å². The maximum Gasteiger partial charge on any atom is 0.140 e. The van der Waals surface area contributed by atoms with Gasteiger partial charge in [0.25, 0.3) is 0 Å². The summed E-state index contributed by atoms with van der Waals surface area (Å²) in [6.45, 7) is 1.20. The molecule has 0 amide bonds. The van der Waals surface area contributed by atoms with Crippen LogP contribution in [0.15, 0.2) is 30.6 Å². The molecular formula is C12H15FN4. The van der Waals surface area contributed by atoms with E-state index in [1.165, 1.54) is 12.4 Å². The predicted octanol–water partition coefficient (Wildman–Crippen LogP) is 1.59. The molecule has 0 fully saturated rings. The Morgan fingerprint density at radius 3 is 2.71 bits per heavy atom. The molecule has 0 saturated carbocycles. The molecule has 0 aliphatic carbocycles. The third-order valence-corrected chi connectivity index (χ3v) is 2.61. The lowest BCUT2D eigenvalue weighted by atomic mass is 10.2. The van der Waals surface area contributed by atoms with Gasteiger partial charge in [-0.3, -0.25) is 9.58 Å². The number of halogens is 1. The molecule has 2 rings (SSSR count). The van der Waals surface area contributed by atoms with Crippen molar-refractivity contribution >= 4 is 0 Å². The van der Waals surface area contributed by atoms with Crippen molar-refractivity contribution in [2.45, 2.75) is 13.1 Å². The molecular weight excluding hydrogens is 219 g/mol. The summed E-state index contributed by atoms with van der Waals surface area (Å²) in [5.41, 5.74) is 0.692. The number of hydrogen-bond acceptors (Lipinski definition) is 3. The first kappa shape index (κ1) is 11.7. The minimum atomic E-state index is -0.169. The van der Waals surface area contributed by atoms with Crippen LogP contribution in [0.25, 0.3) is 0 Å². The van der Waals surface area contributed by atoms with Gasteiger partial charge in [0.2, 0.25) is 0 Å². The number of nitrogens with zero attached hydrogens (tertiary/aromatic N) is 4. The van der Waals surface area contributed by atoms with Crippen LogP contribution in [0.4, 0.5) is 4.39 Å². The van der Waals surface area contributed by atoms with Crippen molar-refractivity contribution in [3.8, 4) is 0 Å². The summed E-state index contributed by atoms with van der Waals surface area (Å²) >= 11 is 0. The highest BCUT2D eigenvalue weighted by Gasteiger charge is 2.08. The number of rotatable bonds is 4. The zero-order valence-electron chi connectivity index (χ0n) is 9.97. The molecule has 1 aromatic heterocycles. The molecule has 0 saturated heterocycles. The third kappa shape index (κ3) is 2.88. The smallest absolute Gasteiger partial charge is 0.140 e. The molecule has 1 heterocycles. The van der Waals surface area contributed by atoms with Crippen LogP contribution in [0.1, 0.15) is 11.4 Å². The SMILES string of the molecule is CN(Cc1ccccc1F)Cc1ncnn1C. The van der Waals surface area contributed by atoms with Gasteiger partial charge in [0.1, 0.15) is 18.0 Å². The molecule has 0 atom stereocenters. The predicted molar refractivity (Wildman–Crippen MR) is 62.6 cm³/mol. The van der Waals surface area contributed by atoms with Crippen molar-refractivity contribution in [2.24, 2.45) is 7.05 Å². The molecule has 0 N–H and O–H groups in total. The van der Waals surface area contributed by atoms with Gasteiger partial charge in [0.05, 0.1) is 6.54 Å². The van der Waals surface area contributed by atoms with E-state index < -0.39 is 0 Å². The minimum absolute atomic E-state index is 0.169. The van der Waals surface area contributed by atoms with E-state index in [4.69, 9.17) is 0 Å². The van der Waals surface area contributed by atoms with Crippen molar-refractivity contribution in [2.75, 3.05) is 7.05 Å². The minimum Gasteiger partial charge on any atom is -0.295 e. The fourth-order valence-electron chi connectivity index (χ4n) is 1.68. The lowest BCUT2D eigenvalue weighted by Crippen LogP contribution is -2.20. The van der Waals surface area contributed by atoms with E-state index in [-0.39, 0.29) is 5.82 Å². The Balaban J connectivity index is 2.01. The highest BCUT2D eigenvalue weighted by molar-refractivity contribution is 5.17. The summed E-state index contributed by atoms with van der Waals surface area (Å²) in [5.74, 6) is 0.696. The van der Waals surface area contributed by atoms with Crippen molar-refractivity contribution in [3.63, 3.8) is 0 Å². The first-order chi connectivity index (χ1) is 8.16. The van der Waals surface area contributed by atoms with Gasteiger partial charge in [-0.05, 0) is 13.1 Å². The van der Waals surface area contributed by atoms with Gasteiger partial charge in [-0.25, -0.2) is 9.37 Å². The van der Waals surface area contributed by atoms with Gasteiger partial charge in [0, 0.05) is 19.2 Å². The zero-order chi connectivity index (χ0) is 12.3. The second-order valence-corrected chi connectivity index (χ2v) is 4.06. The summed E-state index contributed by atoms with van der Waals surface area (Å²) in [6, 6.07) is 6.81. The monoisotopic (exact) mass is 234 g/mol. The fraction of sp³-hybridized carbons (Fsp3) is 0.333. The number of aryl methyl sites for hydroxylation is 1. The Morgan fingerprint density at radius 1 is 1.29 bits per heavy atom. The van der Waals surface area contributed by atoms with Crippen LogP contribution in [-0.4, -0.2) is 26.7 Å². The number of aromatic nitrogens is 3. The zero-order valence-corrected chi connectivity index (χ0v) is 9.97. The average molecular weight is 234 g/mol. The first-order valence-corrected chi connectivity index (χ1v) is 5.41.